The molecule has 3 heteroatoms. The van der Waals surface area contributed by atoms with E-state index < -0.39 is 0 Å². The molecular weight excluding hydrogens is 204 g/mol. The molecule has 1 aliphatic heterocycles. The Labute approximate surface area is 96.3 Å². The van der Waals surface area contributed by atoms with Crippen LogP contribution in [0.4, 0.5) is 0 Å². The van der Waals surface area contributed by atoms with Gasteiger partial charge in [0.2, 0.25) is 5.75 Å². The molecule has 0 bridgehead atoms. The quantitative estimate of drug-likeness (QED) is 0.733. The lowest BCUT2D eigenvalue weighted by atomic mass is 10.3. The van der Waals surface area contributed by atoms with Crippen LogP contribution in [0.1, 0.15) is 26.2 Å². The maximum Gasteiger partial charge on any atom is 0.203 e. The highest BCUT2D eigenvalue weighted by atomic mass is 16.5. The van der Waals surface area contributed by atoms with E-state index in [-0.39, 0.29) is 0 Å². The molecule has 16 heavy (non-hydrogen) atoms. The highest BCUT2D eigenvalue weighted by Gasteiger charge is 2.15. The zero-order valence-electron chi connectivity index (χ0n) is 9.70. The molecule has 0 spiro atoms. The van der Waals surface area contributed by atoms with Gasteiger partial charge in [-0.05, 0) is 18.6 Å². The van der Waals surface area contributed by atoms with E-state index in [4.69, 9.17) is 14.2 Å². The van der Waals surface area contributed by atoms with Crippen molar-refractivity contribution in [1.82, 2.24) is 0 Å². The lowest BCUT2D eigenvalue weighted by Gasteiger charge is -2.12. The van der Waals surface area contributed by atoms with Gasteiger partial charge in [0, 0.05) is 6.42 Å². The summed E-state index contributed by atoms with van der Waals surface area (Å²) in [7, 11) is 0. The van der Waals surface area contributed by atoms with E-state index in [1.807, 2.05) is 18.2 Å². The second-order valence-electron chi connectivity index (χ2n) is 3.84. The van der Waals surface area contributed by atoms with Crippen LogP contribution in [-0.2, 0) is 0 Å². The Morgan fingerprint density at radius 3 is 3.00 bits per heavy atom. The highest BCUT2D eigenvalue weighted by Crippen LogP contribution is 2.38. The number of hydrogen-bond donors (Lipinski definition) is 0. The third kappa shape index (κ3) is 2.60. The highest BCUT2D eigenvalue weighted by molar-refractivity contribution is 5.51. The summed E-state index contributed by atoms with van der Waals surface area (Å²) < 4.78 is 16.9. The first-order valence-corrected chi connectivity index (χ1v) is 5.93. The molecule has 0 radical (unpaired) electrons. The van der Waals surface area contributed by atoms with Crippen LogP contribution in [0.2, 0.25) is 0 Å². The fourth-order valence-corrected chi connectivity index (χ4v) is 1.61. The summed E-state index contributed by atoms with van der Waals surface area (Å²) in [4.78, 5) is 0. The predicted octanol–water partition coefficient (Wildman–Crippen LogP) is 3.03. The van der Waals surface area contributed by atoms with Crippen molar-refractivity contribution in [2.45, 2.75) is 26.2 Å². The Balaban J connectivity index is 2.11. The third-order valence-electron chi connectivity index (χ3n) is 2.49. The number of fused-ring (bicyclic) bond motifs is 1. The predicted molar refractivity (Wildman–Crippen MR) is 62.5 cm³/mol. The topological polar surface area (TPSA) is 27.7 Å². The van der Waals surface area contributed by atoms with Crippen molar-refractivity contribution in [3.63, 3.8) is 0 Å². The van der Waals surface area contributed by atoms with Gasteiger partial charge in [-0.1, -0.05) is 19.4 Å². The summed E-state index contributed by atoms with van der Waals surface area (Å²) in [5.74, 6) is 2.36. The van der Waals surface area contributed by atoms with Crippen molar-refractivity contribution in [3.8, 4) is 17.2 Å². The average Bonchev–Trinajstić information content (AvgIpc) is 2.55. The average molecular weight is 222 g/mol. The molecular formula is C13H18O3. The second-order valence-corrected chi connectivity index (χ2v) is 3.84. The number of ether oxygens (including phenoxy) is 3. The monoisotopic (exact) mass is 222 g/mol. The third-order valence-corrected chi connectivity index (χ3v) is 2.49. The van der Waals surface area contributed by atoms with Gasteiger partial charge >= 0.3 is 0 Å². The van der Waals surface area contributed by atoms with Gasteiger partial charge in [-0.25, -0.2) is 0 Å². The van der Waals surface area contributed by atoms with Gasteiger partial charge in [-0.3, -0.25) is 0 Å². The zero-order valence-corrected chi connectivity index (χ0v) is 9.70. The molecule has 2 rings (SSSR count). The van der Waals surface area contributed by atoms with E-state index in [2.05, 4.69) is 6.92 Å². The minimum Gasteiger partial charge on any atom is -0.490 e. The second kappa shape index (κ2) is 5.64. The number of benzene rings is 1. The molecule has 0 amide bonds. The number of para-hydroxylation sites is 1. The van der Waals surface area contributed by atoms with Crippen molar-refractivity contribution in [3.05, 3.63) is 18.2 Å². The van der Waals surface area contributed by atoms with Gasteiger partial charge in [0.05, 0.1) is 19.8 Å². The molecule has 0 unspecified atom stereocenters. The first-order chi connectivity index (χ1) is 7.92. The van der Waals surface area contributed by atoms with Crippen LogP contribution < -0.4 is 14.2 Å². The van der Waals surface area contributed by atoms with E-state index >= 15 is 0 Å². The molecule has 1 aromatic rings. The zero-order chi connectivity index (χ0) is 11.2. The van der Waals surface area contributed by atoms with Crippen molar-refractivity contribution in [1.29, 1.82) is 0 Å². The van der Waals surface area contributed by atoms with Crippen LogP contribution in [-0.4, -0.2) is 19.8 Å². The van der Waals surface area contributed by atoms with Gasteiger partial charge in [-0.2, -0.15) is 0 Å². The molecule has 1 aliphatic rings. The number of hydrogen-bond acceptors (Lipinski definition) is 3. The maximum absolute atomic E-state index is 5.70. The van der Waals surface area contributed by atoms with Crippen LogP contribution in [0.15, 0.2) is 18.2 Å². The van der Waals surface area contributed by atoms with Gasteiger partial charge in [0.25, 0.3) is 0 Å². The molecule has 0 saturated heterocycles. The fourth-order valence-electron chi connectivity index (χ4n) is 1.61. The largest absolute Gasteiger partial charge is 0.490 e. The molecule has 0 aliphatic carbocycles. The van der Waals surface area contributed by atoms with E-state index in [0.29, 0.717) is 13.2 Å². The molecule has 0 saturated carbocycles. The molecule has 3 nitrogen and oxygen atoms in total. The Morgan fingerprint density at radius 2 is 2.12 bits per heavy atom. The SMILES string of the molecule is CCCCOc1cccc2c1OCCCO2. The Morgan fingerprint density at radius 1 is 1.25 bits per heavy atom. The van der Waals surface area contributed by atoms with Crippen molar-refractivity contribution in [2.24, 2.45) is 0 Å². The molecule has 0 fully saturated rings. The van der Waals surface area contributed by atoms with Gasteiger partial charge in [0.1, 0.15) is 0 Å². The standard InChI is InChI=1S/C13H18O3/c1-2-3-8-14-11-6-4-7-12-13(11)16-10-5-9-15-12/h4,6-7H,2-3,5,8-10H2,1H3. The van der Waals surface area contributed by atoms with E-state index in [9.17, 15) is 0 Å². The normalized spacial score (nSPS) is 14.3. The molecule has 1 aromatic carbocycles. The molecule has 0 N–H and O–H groups in total. The van der Waals surface area contributed by atoms with Gasteiger partial charge < -0.3 is 14.2 Å². The molecule has 0 aromatic heterocycles. The molecule has 1 heterocycles. The minimum absolute atomic E-state index is 0.696. The molecule has 0 atom stereocenters. The van der Waals surface area contributed by atoms with E-state index in [1.165, 1.54) is 0 Å². The van der Waals surface area contributed by atoms with Crippen molar-refractivity contribution >= 4 is 0 Å². The Hall–Kier alpha value is -1.38. The first kappa shape index (κ1) is 11.1. The van der Waals surface area contributed by atoms with Crippen molar-refractivity contribution in [2.75, 3.05) is 19.8 Å². The number of unbranched alkanes of at least 4 members (excludes halogenated alkanes) is 1. The van der Waals surface area contributed by atoms with Crippen LogP contribution in [0.25, 0.3) is 0 Å². The fraction of sp³-hybridized carbons (Fsp3) is 0.538. The van der Waals surface area contributed by atoms with E-state index in [0.717, 1.165) is 43.1 Å². The van der Waals surface area contributed by atoms with Gasteiger partial charge in [-0.15, -0.1) is 0 Å². The summed E-state index contributed by atoms with van der Waals surface area (Å²) in [6.45, 7) is 4.29. The van der Waals surface area contributed by atoms with Crippen molar-refractivity contribution < 1.29 is 14.2 Å². The van der Waals surface area contributed by atoms with Crippen LogP contribution in [0, 0.1) is 0 Å². The van der Waals surface area contributed by atoms with E-state index in [1.54, 1.807) is 0 Å². The maximum atomic E-state index is 5.70. The Kier molecular flexibility index (Phi) is 3.91. The van der Waals surface area contributed by atoms with Crippen LogP contribution >= 0.6 is 0 Å². The summed E-state index contributed by atoms with van der Waals surface area (Å²) in [5, 5.41) is 0. The summed E-state index contributed by atoms with van der Waals surface area (Å²) in [6, 6.07) is 5.80. The van der Waals surface area contributed by atoms with Crippen LogP contribution in [0.5, 0.6) is 17.2 Å². The lowest BCUT2D eigenvalue weighted by Crippen LogP contribution is -2.00. The van der Waals surface area contributed by atoms with Crippen LogP contribution in [0.3, 0.4) is 0 Å². The smallest absolute Gasteiger partial charge is 0.203 e. The lowest BCUT2D eigenvalue weighted by molar-refractivity contribution is 0.267. The number of rotatable bonds is 4. The van der Waals surface area contributed by atoms with Gasteiger partial charge in [0.15, 0.2) is 11.5 Å². The summed E-state index contributed by atoms with van der Waals surface area (Å²) >= 11 is 0. The summed E-state index contributed by atoms with van der Waals surface area (Å²) in [5.41, 5.74) is 0. The Bertz CT molecular complexity index is 336. The summed E-state index contributed by atoms with van der Waals surface area (Å²) in [6.07, 6.45) is 3.11. The minimum atomic E-state index is 0.696. The first-order valence-electron chi connectivity index (χ1n) is 5.93. The molecule has 88 valence electrons.